The molecule has 3 aromatic heterocycles. The van der Waals surface area contributed by atoms with Crippen LogP contribution in [-0.4, -0.2) is 48.3 Å². The molecule has 1 saturated carbocycles. The molecule has 9 nitrogen and oxygen atoms in total. The van der Waals surface area contributed by atoms with Crippen LogP contribution in [0.3, 0.4) is 0 Å². The minimum absolute atomic E-state index is 0.0139. The quantitative estimate of drug-likeness (QED) is 0.624. The first-order chi connectivity index (χ1) is 12.3. The van der Waals surface area contributed by atoms with Crippen LogP contribution in [0.1, 0.15) is 49.7 Å². The van der Waals surface area contributed by atoms with Gasteiger partial charge in [-0.15, -0.1) is 20.4 Å². The Morgan fingerprint density at radius 2 is 2.12 bits per heavy atom. The molecule has 0 amide bonds. The van der Waals surface area contributed by atoms with Gasteiger partial charge in [-0.05, 0) is 32.3 Å². The number of rotatable bonds is 8. The van der Waals surface area contributed by atoms with E-state index in [1.165, 1.54) is 12.8 Å². The van der Waals surface area contributed by atoms with Gasteiger partial charge in [0.2, 0.25) is 5.65 Å². The first kappa shape index (κ1) is 15.9. The van der Waals surface area contributed by atoms with Crippen molar-refractivity contribution in [1.82, 2.24) is 34.6 Å². The fourth-order valence-electron chi connectivity index (χ4n) is 2.98. The van der Waals surface area contributed by atoms with Crippen LogP contribution in [0.25, 0.3) is 5.65 Å². The molecule has 0 aromatic carbocycles. The maximum absolute atomic E-state index is 5.12. The van der Waals surface area contributed by atoms with Crippen molar-refractivity contribution in [2.45, 2.75) is 44.7 Å². The molecule has 25 heavy (non-hydrogen) atoms. The van der Waals surface area contributed by atoms with Crippen LogP contribution < -0.4 is 5.32 Å². The lowest BCUT2D eigenvalue weighted by atomic mass is 10.2. The highest BCUT2D eigenvalue weighted by atomic mass is 16.5. The average Bonchev–Trinajstić information content (AvgIpc) is 3.16. The maximum Gasteiger partial charge on any atom is 0.200 e. The van der Waals surface area contributed by atoms with E-state index >= 15 is 0 Å². The lowest BCUT2D eigenvalue weighted by molar-refractivity contribution is 0.190. The summed E-state index contributed by atoms with van der Waals surface area (Å²) in [5.41, 5.74) is 2.73. The molecule has 1 N–H and O–H groups in total. The van der Waals surface area contributed by atoms with Gasteiger partial charge < -0.3 is 14.6 Å². The first-order valence-corrected chi connectivity index (χ1v) is 8.60. The molecular weight excluding hydrogens is 320 g/mol. The van der Waals surface area contributed by atoms with Gasteiger partial charge in [0.25, 0.3) is 0 Å². The number of hydrogen-bond acceptors (Lipinski definition) is 7. The molecule has 1 atom stereocenters. The van der Waals surface area contributed by atoms with Crippen molar-refractivity contribution in [3.8, 4) is 0 Å². The van der Waals surface area contributed by atoms with Crippen molar-refractivity contribution in [3.63, 3.8) is 0 Å². The summed E-state index contributed by atoms with van der Waals surface area (Å²) >= 11 is 0. The summed E-state index contributed by atoms with van der Waals surface area (Å²) in [7, 11) is 1.71. The number of nitrogens with one attached hydrogen (secondary N) is 1. The number of methoxy groups -OCH3 is 1. The van der Waals surface area contributed by atoms with Gasteiger partial charge in [0.1, 0.15) is 12.7 Å². The monoisotopic (exact) mass is 342 g/mol. The van der Waals surface area contributed by atoms with Gasteiger partial charge in [0, 0.05) is 26.2 Å². The molecule has 132 valence electrons. The van der Waals surface area contributed by atoms with Crippen LogP contribution >= 0.6 is 0 Å². The lowest BCUT2D eigenvalue weighted by Crippen LogP contribution is -2.15. The van der Waals surface area contributed by atoms with Crippen molar-refractivity contribution in [1.29, 1.82) is 0 Å². The van der Waals surface area contributed by atoms with E-state index in [1.807, 2.05) is 0 Å². The molecule has 0 saturated heterocycles. The normalized spacial score (nSPS) is 15.6. The van der Waals surface area contributed by atoms with Crippen LogP contribution in [0.5, 0.6) is 0 Å². The van der Waals surface area contributed by atoms with Crippen molar-refractivity contribution < 1.29 is 4.74 Å². The molecule has 0 spiro atoms. The van der Waals surface area contributed by atoms with Gasteiger partial charge in [0.05, 0.1) is 17.4 Å². The van der Waals surface area contributed by atoms with Gasteiger partial charge in [-0.2, -0.15) is 9.61 Å². The highest BCUT2D eigenvalue weighted by Crippen LogP contribution is 2.40. The molecule has 1 aliphatic rings. The van der Waals surface area contributed by atoms with Gasteiger partial charge in [-0.3, -0.25) is 0 Å². The van der Waals surface area contributed by atoms with Crippen LogP contribution in [0.2, 0.25) is 0 Å². The second-order valence-corrected chi connectivity index (χ2v) is 6.45. The minimum atomic E-state index is -0.0139. The van der Waals surface area contributed by atoms with E-state index in [0.29, 0.717) is 5.92 Å². The van der Waals surface area contributed by atoms with Crippen LogP contribution in [-0.2, 0) is 11.3 Å². The molecule has 9 heteroatoms. The smallest absolute Gasteiger partial charge is 0.200 e. The highest BCUT2D eigenvalue weighted by molar-refractivity contribution is 5.67. The standard InChI is InChI=1S/C16H22N8O/c1-11(15-20-17-9-23(15)6-3-7-25-2)19-14-8-13(12-4-5-12)22-24-10-18-21-16(14)24/h8-12,19H,3-7H2,1-2H3. The van der Waals surface area contributed by atoms with E-state index in [1.54, 1.807) is 24.3 Å². The second-order valence-electron chi connectivity index (χ2n) is 6.45. The molecule has 1 aliphatic carbocycles. The van der Waals surface area contributed by atoms with E-state index in [2.05, 4.69) is 48.4 Å². The molecule has 1 fully saturated rings. The fraction of sp³-hybridized carbons (Fsp3) is 0.562. The predicted octanol–water partition coefficient (Wildman–Crippen LogP) is 1.80. The number of hydrogen-bond donors (Lipinski definition) is 1. The van der Waals surface area contributed by atoms with Crippen molar-refractivity contribution >= 4 is 11.3 Å². The SMILES string of the molecule is COCCCn1cnnc1C(C)Nc1cc(C2CC2)nn2cnnc12. The average molecular weight is 342 g/mol. The van der Waals surface area contributed by atoms with E-state index in [4.69, 9.17) is 4.74 Å². The number of aryl methyl sites for hydroxylation is 1. The second kappa shape index (κ2) is 6.75. The third kappa shape index (κ3) is 3.32. The van der Waals surface area contributed by atoms with Gasteiger partial charge in [0.15, 0.2) is 5.82 Å². The number of anilines is 1. The van der Waals surface area contributed by atoms with Gasteiger partial charge in [-0.25, -0.2) is 0 Å². The molecule has 1 unspecified atom stereocenters. The summed E-state index contributed by atoms with van der Waals surface area (Å²) in [6, 6.07) is 2.07. The van der Waals surface area contributed by atoms with E-state index in [9.17, 15) is 0 Å². The number of aromatic nitrogens is 7. The molecule has 4 rings (SSSR count). The number of nitrogens with zero attached hydrogens (tertiary/aromatic N) is 7. The lowest BCUT2D eigenvalue weighted by Gasteiger charge is -2.16. The Bertz CT molecular complexity index is 853. The summed E-state index contributed by atoms with van der Waals surface area (Å²) in [4.78, 5) is 0. The van der Waals surface area contributed by atoms with Crippen molar-refractivity contribution in [2.24, 2.45) is 0 Å². The van der Waals surface area contributed by atoms with E-state index in [0.717, 1.165) is 42.4 Å². The number of fused-ring (bicyclic) bond motifs is 1. The topological polar surface area (TPSA) is 95.0 Å². The van der Waals surface area contributed by atoms with Crippen LogP contribution in [0, 0.1) is 0 Å². The Balaban J connectivity index is 1.57. The van der Waals surface area contributed by atoms with Crippen LogP contribution in [0.15, 0.2) is 18.7 Å². The van der Waals surface area contributed by atoms with E-state index in [-0.39, 0.29) is 6.04 Å². The molecule has 0 bridgehead atoms. The summed E-state index contributed by atoms with van der Waals surface area (Å²) in [5, 5.41) is 24.6. The Labute approximate surface area is 145 Å². The third-order valence-electron chi connectivity index (χ3n) is 4.43. The van der Waals surface area contributed by atoms with E-state index < -0.39 is 0 Å². The molecular formula is C16H22N8O. The molecule has 3 aromatic rings. The zero-order valence-corrected chi connectivity index (χ0v) is 14.5. The third-order valence-corrected chi connectivity index (χ3v) is 4.43. The largest absolute Gasteiger partial charge is 0.385 e. The highest BCUT2D eigenvalue weighted by Gasteiger charge is 2.27. The Morgan fingerprint density at radius 3 is 2.92 bits per heavy atom. The van der Waals surface area contributed by atoms with Gasteiger partial charge in [-0.1, -0.05) is 0 Å². The summed E-state index contributed by atoms with van der Waals surface area (Å²) in [6.45, 7) is 3.61. The van der Waals surface area contributed by atoms with Crippen molar-refractivity contribution in [2.75, 3.05) is 19.0 Å². The molecule has 0 aliphatic heterocycles. The predicted molar refractivity (Wildman–Crippen MR) is 91.3 cm³/mol. The zero-order chi connectivity index (χ0) is 17.2. The first-order valence-electron chi connectivity index (χ1n) is 8.60. The van der Waals surface area contributed by atoms with Crippen molar-refractivity contribution in [3.05, 3.63) is 30.2 Å². The zero-order valence-electron chi connectivity index (χ0n) is 14.5. The Hall–Kier alpha value is -2.55. The maximum atomic E-state index is 5.12. The minimum Gasteiger partial charge on any atom is -0.385 e. The fourth-order valence-corrected chi connectivity index (χ4v) is 2.98. The van der Waals surface area contributed by atoms with Gasteiger partial charge >= 0.3 is 0 Å². The Morgan fingerprint density at radius 1 is 1.28 bits per heavy atom. The number of ether oxygens (including phenoxy) is 1. The van der Waals surface area contributed by atoms with Crippen LogP contribution in [0.4, 0.5) is 5.69 Å². The Kier molecular flexibility index (Phi) is 4.31. The molecule has 0 radical (unpaired) electrons. The molecule has 3 heterocycles. The summed E-state index contributed by atoms with van der Waals surface area (Å²) in [6.07, 6.45) is 6.72. The summed E-state index contributed by atoms with van der Waals surface area (Å²) < 4.78 is 8.92. The summed E-state index contributed by atoms with van der Waals surface area (Å²) in [5.74, 6) is 1.44.